The lowest BCUT2D eigenvalue weighted by molar-refractivity contribution is -0.142. The maximum absolute atomic E-state index is 11.6. The predicted molar refractivity (Wildman–Crippen MR) is 95.6 cm³/mol. The van der Waals surface area contributed by atoms with Crippen LogP contribution in [0.5, 0.6) is 0 Å². The van der Waals surface area contributed by atoms with Gasteiger partial charge in [0.25, 0.3) is 0 Å². The van der Waals surface area contributed by atoms with Crippen LogP contribution in [0.3, 0.4) is 0 Å². The molecule has 3 rings (SSSR count). The Morgan fingerprint density at radius 3 is 2.77 bits per heavy atom. The van der Waals surface area contributed by atoms with Gasteiger partial charge in [-0.1, -0.05) is 31.2 Å². The molecule has 0 bridgehead atoms. The van der Waals surface area contributed by atoms with Crippen LogP contribution in [0.15, 0.2) is 34.8 Å². The molecular formula is C17H17BrClNO2. The van der Waals surface area contributed by atoms with Crippen molar-refractivity contribution >= 4 is 55.3 Å². The highest BCUT2D eigenvalue weighted by Crippen LogP contribution is 2.34. The van der Waals surface area contributed by atoms with E-state index in [1.807, 2.05) is 30.3 Å². The van der Waals surface area contributed by atoms with E-state index in [-0.39, 0.29) is 19.8 Å². The standard InChI is InChI=1S/C16H13BrClNO2.CH4/c1-2-21-14(20)7-9-3-5-11-12-8-10(18)4-6-13(12)19-16(11)15(9)17;/h3-6,8,19H,2,7H2,1H3;1H4. The molecule has 0 unspecified atom stereocenters. The average molecular weight is 383 g/mol. The van der Waals surface area contributed by atoms with E-state index < -0.39 is 0 Å². The third-order valence-electron chi connectivity index (χ3n) is 3.39. The van der Waals surface area contributed by atoms with Gasteiger partial charge in [0.15, 0.2) is 0 Å². The second-order valence-electron chi connectivity index (χ2n) is 4.76. The number of ether oxygens (including phenoxy) is 1. The summed E-state index contributed by atoms with van der Waals surface area (Å²) in [7, 11) is 0. The van der Waals surface area contributed by atoms with Crippen molar-refractivity contribution < 1.29 is 9.53 Å². The number of esters is 1. The van der Waals surface area contributed by atoms with Gasteiger partial charge in [-0.3, -0.25) is 4.79 Å². The van der Waals surface area contributed by atoms with Crippen molar-refractivity contribution in [2.75, 3.05) is 6.61 Å². The molecule has 3 nitrogen and oxygen atoms in total. The summed E-state index contributed by atoms with van der Waals surface area (Å²) in [5.41, 5.74) is 2.89. The molecule has 1 aromatic heterocycles. The molecule has 5 heteroatoms. The first kappa shape index (κ1) is 16.8. The van der Waals surface area contributed by atoms with Crippen LogP contribution in [-0.4, -0.2) is 17.6 Å². The fraction of sp³-hybridized carbons (Fsp3) is 0.235. The Morgan fingerprint density at radius 2 is 2.05 bits per heavy atom. The Bertz CT molecular complexity index is 841. The highest BCUT2D eigenvalue weighted by atomic mass is 79.9. The van der Waals surface area contributed by atoms with E-state index in [0.717, 1.165) is 31.8 Å². The molecule has 0 fully saturated rings. The van der Waals surface area contributed by atoms with E-state index in [9.17, 15) is 4.79 Å². The van der Waals surface area contributed by atoms with Crippen LogP contribution in [0.25, 0.3) is 21.8 Å². The fourth-order valence-corrected chi connectivity index (χ4v) is 3.21. The molecule has 0 aliphatic carbocycles. The Balaban J connectivity index is 0.00000176. The number of carbonyl (C=O) groups is 1. The number of halogens is 2. The summed E-state index contributed by atoms with van der Waals surface area (Å²) in [4.78, 5) is 15.0. The third-order valence-corrected chi connectivity index (χ3v) is 4.53. The monoisotopic (exact) mass is 381 g/mol. The van der Waals surface area contributed by atoms with Crippen molar-refractivity contribution in [2.24, 2.45) is 0 Å². The number of hydrogen-bond acceptors (Lipinski definition) is 2. The molecule has 22 heavy (non-hydrogen) atoms. The van der Waals surface area contributed by atoms with Gasteiger partial charge in [0.05, 0.1) is 18.5 Å². The lowest BCUT2D eigenvalue weighted by Gasteiger charge is -2.05. The molecule has 0 saturated carbocycles. The summed E-state index contributed by atoms with van der Waals surface area (Å²) in [5, 5.41) is 2.85. The van der Waals surface area contributed by atoms with Crippen LogP contribution in [0, 0.1) is 0 Å². The van der Waals surface area contributed by atoms with Gasteiger partial charge in [-0.15, -0.1) is 0 Å². The first-order valence-corrected chi connectivity index (χ1v) is 7.81. The maximum Gasteiger partial charge on any atom is 0.310 e. The molecule has 0 atom stereocenters. The zero-order chi connectivity index (χ0) is 15.0. The minimum absolute atomic E-state index is 0. The summed E-state index contributed by atoms with van der Waals surface area (Å²) in [6.07, 6.45) is 0.250. The van der Waals surface area contributed by atoms with Crippen LogP contribution < -0.4 is 0 Å². The molecule has 116 valence electrons. The maximum atomic E-state index is 11.6. The number of H-pyrrole nitrogens is 1. The van der Waals surface area contributed by atoms with Crippen molar-refractivity contribution in [2.45, 2.75) is 20.8 Å². The highest BCUT2D eigenvalue weighted by molar-refractivity contribution is 9.10. The van der Waals surface area contributed by atoms with Crippen LogP contribution in [0.2, 0.25) is 5.02 Å². The van der Waals surface area contributed by atoms with Crippen molar-refractivity contribution in [1.82, 2.24) is 4.98 Å². The zero-order valence-corrected chi connectivity index (χ0v) is 13.7. The molecule has 0 radical (unpaired) electrons. The van der Waals surface area contributed by atoms with Gasteiger partial charge >= 0.3 is 5.97 Å². The molecular weight excluding hydrogens is 366 g/mol. The molecule has 1 heterocycles. The molecule has 1 N–H and O–H groups in total. The van der Waals surface area contributed by atoms with Gasteiger partial charge < -0.3 is 9.72 Å². The fourth-order valence-electron chi connectivity index (χ4n) is 2.45. The Morgan fingerprint density at radius 1 is 1.27 bits per heavy atom. The second kappa shape index (κ2) is 6.71. The van der Waals surface area contributed by atoms with Gasteiger partial charge in [0.2, 0.25) is 0 Å². The van der Waals surface area contributed by atoms with E-state index in [2.05, 4.69) is 20.9 Å². The third kappa shape index (κ3) is 2.99. The van der Waals surface area contributed by atoms with Crippen LogP contribution in [0.1, 0.15) is 19.9 Å². The summed E-state index contributed by atoms with van der Waals surface area (Å²) in [6.45, 7) is 2.20. The number of aromatic nitrogens is 1. The molecule has 2 aromatic carbocycles. The highest BCUT2D eigenvalue weighted by Gasteiger charge is 2.13. The molecule has 0 amide bonds. The molecule has 0 spiro atoms. The van der Waals surface area contributed by atoms with Gasteiger partial charge in [-0.2, -0.15) is 0 Å². The molecule has 0 aliphatic heterocycles. The van der Waals surface area contributed by atoms with Gasteiger partial charge in [-0.25, -0.2) is 0 Å². The molecule has 3 aromatic rings. The number of rotatable bonds is 3. The zero-order valence-electron chi connectivity index (χ0n) is 11.4. The summed E-state index contributed by atoms with van der Waals surface area (Å²) >= 11 is 9.65. The Hall–Kier alpha value is -1.52. The number of hydrogen-bond donors (Lipinski definition) is 1. The summed E-state index contributed by atoms with van der Waals surface area (Å²) in [6, 6.07) is 9.69. The number of carbonyl (C=O) groups excluding carboxylic acids is 1. The van der Waals surface area contributed by atoms with E-state index in [0.29, 0.717) is 11.6 Å². The predicted octanol–water partition coefficient (Wildman–Crippen LogP) is 5.48. The lowest BCUT2D eigenvalue weighted by atomic mass is 10.1. The van der Waals surface area contributed by atoms with Crippen LogP contribution in [-0.2, 0) is 16.0 Å². The number of benzene rings is 2. The molecule has 0 aliphatic rings. The Labute approximate surface area is 142 Å². The lowest BCUT2D eigenvalue weighted by Crippen LogP contribution is -2.07. The number of aromatic amines is 1. The van der Waals surface area contributed by atoms with Gasteiger partial charge in [0, 0.05) is 25.8 Å². The van der Waals surface area contributed by atoms with Gasteiger partial charge in [0.1, 0.15) is 0 Å². The first-order chi connectivity index (χ1) is 10.1. The van der Waals surface area contributed by atoms with Crippen LogP contribution in [0.4, 0.5) is 0 Å². The van der Waals surface area contributed by atoms with E-state index in [1.54, 1.807) is 6.92 Å². The topological polar surface area (TPSA) is 42.1 Å². The minimum atomic E-state index is -0.225. The second-order valence-corrected chi connectivity index (χ2v) is 5.99. The SMILES string of the molecule is C.CCOC(=O)Cc1ccc2c([nH]c3ccc(Cl)cc32)c1Br. The van der Waals surface area contributed by atoms with Gasteiger partial charge in [-0.05, 0) is 46.6 Å². The average Bonchev–Trinajstić information content (AvgIpc) is 2.81. The van der Waals surface area contributed by atoms with Crippen molar-refractivity contribution in [3.63, 3.8) is 0 Å². The number of nitrogens with one attached hydrogen (secondary N) is 1. The quantitative estimate of drug-likeness (QED) is 0.610. The summed E-state index contributed by atoms with van der Waals surface area (Å²) < 4.78 is 5.89. The largest absolute Gasteiger partial charge is 0.466 e. The van der Waals surface area contributed by atoms with E-state index in [4.69, 9.17) is 16.3 Å². The van der Waals surface area contributed by atoms with E-state index >= 15 is 0 Å². The van der Waals surface area contributed by atoms with Crippen molar-refractivity contribution in [3.05, 3.63) is 45.4 Å². The molecule has 0 saturated heterocycles. The van der Waals surface area contributed by atoms with Crippen molar-refractivity contribution in [1.29, 1.82) is 0 Å². The van der Waals surface area contributed by atoms with Crippen molar-refractivity contribution in [3.8, 4) is 0 Å². The summed E-state index contributed by atoms with van der Waals surface area (Å²) in [5.74, 6) is -0.225. The Kier molecular flexibility index (Phi) is 5.14. The smallest absolute Gasteiger partial charge is 0.310 e. The normalized spacial score (nSPS) is 10.7. The minimum Gasteiger partial charge on any atom is -0.466 e. The van der Waals surface area contributed by atoms with Crippen LogP contribution >= 0.6 is 27.5 Å². The van der Waals surface area contributed by atoms with E-state index in [1.165, 1.54) is 0 Å². The first-order valence-electron chi connectivity index (χ1n) is 6.64. The number of fused-ring (bicyclic) bond motifs is 3.